The molecule has 0 saturated heterocycles. The number of para-hydroxylation sites is 1. The van der Waals surface area contributed by atoms with Crippen molar-refractivity contribution in [3.63, 3.8) is 0 Å². The number of hydrogen-bond donors (Lipinski definition) is 0. The van der Waals surface area contributed by atoms with Gasteiger partial charge in [-0.25, -0.2) is 4.79 Å². The molecule has 2 rings (SSSR count). The first kappa shape index (κ1) is 11.8. The second kappa shape index (κ2) is 4.65. The molecular weight excluding hydrogens is 218 g/mol. The van der Waals surface area contributed by atoms with Crippen LogP contribution in [-0.2, 0) is 9.53 Å². The summed E-state index contributed by atoms with van der Waals surface area (Å²) in [6.45, 7) is 4.73. The zero-order valence-electron chi connectivity index (χ0n) is 10.4. The van der Waals surface area contributed by atoms with E-state index < -0.39 is 6.10 Å². The molecule has 1 aliphatic heterocycles. The molecule has 92 valence electrons. The van der Waals surface area contributed by atoms with E-state index in [1.807, 2.05) is 37.1 Å². The van der Waals surface area contributed by atoms with Crippen LogP contribution in [0.4, 0.5) is 5.69 Å². The number of carbonyl (C=O) groups is 1. The highest BCUT2D eigenvalue weighted by Gasteiger charge is 2.30. The van der Waals surface area contributed by atoms with Crippen LogP contribution in [0.25, 0.3) is 0 Å². The zero-order chi connectivity index (χ0) is 12.4. The molecule has 0 bridgehead atoms. The number of nitrogens with zero attached hydrogens (tertiary/aromatic N) is 1. The summed E-state index contributed by atoms with van der Waals surface area (Å²) in [6, 6.07) is 5.84. The van der Waals surface area contributed by atoms with Crippen molar-refractivity contribution in [3.05, 3.63) is 23.8 Å². The van der Waals surface area contributed by atoms with Gasteiger partial charge in [0.1, 0.15) is 5.75 Å². The Balaban J connectivity index is 2.25. The van der Waals surface area contributed by atoms with Crippen LogP contribution in [0, 0.1) is 6.92 Å². The molecule has 4 nitrogen and oxygen atoms in total. The van der Waals surface area contributed by atoms with Gasteiger partial charge in [0.2, 0.25) is 6.10 Å². The van der Waals surface area contributed by atoms with Crippen LogP contribution in [0.15, 0.2) is 18.2 Å². The van der Waals surface area contributed by atoms with Gasteiger partial charge in [0.25, 0.3) is 0 Å². The summed E-state index contributed by atoms with van der Waals surface area (Å²) >= 11 is 0. The summed E-state index contributed by atoms with van der Waals surface area (Å²) < 4.78 is 10.7. The smallest absolute Gasteiger partial charge is 0.349 e. The van der Waals surface area contributed by atoms with Crippen molar-refractivity contribution in [3.8, 4) is 5.75 Å². The molecule has 0 aliphatic carbocycles. The van der Waals surface area contributed by atoms with Crippen LogP contribution in [0.3, 0.4) is 0 Å². The van der Waals surface area contributed by atoms with Crippen molar-refractivity contribution < 1.29 is 14.3 Å². The van der Waals surface area contributed by atoms with Gasteiger partial charge in [-0.05, 0) is 25.5 Å². The second-order valence-corrected chi connectivity index (χ2v) is 4.16. The summed E-state index contributed by atoms with van der Waals surface area (Å²) in [5, 5.41) is 0. The third kappa shape index (κ3) is 2.20. The van der Waals surface area contributed by atoms with E-state index in [4.69, 9.17) is 9.47 Å². The Bertz CT molecular complexity index is 431. The van der Waals surface area contributed by atoms with E-state index in [1.165, 1.54) is 0 Å². The van der Waals surface area contributed by atoms with E-state index >= 15 is 0 Å². The number of fused-ring (bicyclic) bond motifs is 1. The molecule has 1 aliphatic rings. The molecule has 4 heteroatoms. The van der Waals surface area contributed by atoms with Gasteiger partial charge in [0, 0.05) is 7.05 Å². The fourth-order valence-electron chi connectivity index (χ4n) is 2.10. The van der Waals surface area contributed by atoms with Crippen LogP contribution in [-0.4, -0.2) is 32.3 Å². The molecule has 0 spiro atoms. The topological polar surface area (TPSA) is 38.8 Å². The first-order chi connectivity index (χ1) is 8.13. The molecule has 0 aromatic heterocycles. The number of anilines is 1. The molecule has 1 aromatic carbocycles. The Kier molecular flexibility index (Phi) is 3.22. The van der Waals surface area contributed by atoms with Crippen LogP contribution < -0.4 is 9.64 Å². The van der Waals surface area contributed by atoms with Gasteiger partial charge < -0.3 is 14.4 Å². The van der Waals surface area contributed by atoms with Gasteiger partial charge in [0.05, 0.1) is 18.8 Å². The standard InChI is InChI=1S/C13H17NO3/c1-4-16-13(15)11-8-14(3)12-9(2)6-5-7-10(12)17-11/h5-7,11H,4,8H2,1-3H3. The van der Waals surface area contributed by atoms with Crippen LogP contribution >= 0.6 is 0 Å². The number of likely N-dealkylation sites (N-methyl/N-ethyl adjacent to an activating group) is 1. The summed E-state index contributed by atoms with van der Waals surface area (Å²) in [4.78, 5) is 13.7. The predicted octanol–water partition coefficient (Wildman–Crippen LogP) is 1.76. The maximum Gasteiger partial charge on any atom is 0.349 e. The normalized spacial score (nSPS) is 18.3. The highest BCUT2D eigenvalue weighted by Crippen LogP contribution is 2.35. The zero-order valence-corrected chi connectivity index (χ0v) is 10.4. The maximum absolute atomic E-state index is 11.7. The summed E-state index contributed by atoms with van der Waals surface area (Å²) in [5.74, 6) is 0.448. The second-order valence-electron chi connectivity index (χ2n) is 4.16. The molecule has 0 amide bonds. The fourth-order valence-corrected chi connectivity index (χ4v) is 2.10. The van der Waals surface area contributed by atoms with Crippen LogP contribution in [0.1, 0.15) is 12.5 Å². The molecule has 0 N–H and O–H groups in total. The number of benzene rings is 1. The molecule has 1 atom stereocenters. The van der Waals surface area contributed by atoms with Gasteiger partial charge in [-0.2, -0.15) is 0 Å². The van der Waals surface area contributed by atoms with Gasteiger partial charge in [-0.15, -0.1) is 0 Å². The van der Waals surface area contributed by atoms with Crippen molar-refractivity contribution in [1.29, 1.82) is 0 Å². The summed E-state index contributed by atoms with van der Waals surface area (Å²) in [6.07, 6.45) is -0.533. The van der Waals surface area contributed by atoms with Gasteiger partial charge in [0.15, 0.2) is 0 Å². The van der Waals surface area contributed by atoms with E-state index in [0.29, 0.717) is 13.2 Å². The average Bonchev–Trinajstić information content (AvgIpc) is 2.29. The molecule has 1 unspecified atom stereocenters. The van der Waals surface area contributed by atoms with E-state index in [9.17, 15) is 4.79 Å². The molecule has 0 saturated carbocycles. The van der Waals surface area contributed by atoms with Gasteiger partial charge >= 0.3 is 5.97 Å². The highest BCUT2D eigenvalue weighted by molar-refractivity contribution is 5.78. The Morgan fingerprint density at radius 2 is 2.35 bits per heavy atom. The lowest BCUT2D eigenvalue weighted by Crippen LogP contribution is -2.43. The number of ether oxygens (including phenoxy) is 2. The molecule has 0 fully saturated rings. The van der Waals surface area contributed by atoms with Crippen LogP contribution in [0.2, 0.25) is 0 Å². The number of aryl methyl sites for hydroxylation is 1. The quantitative estimate of drug-likeness (QED) is 0.732. The van der Waals surface area contributed by atoms with E-state index in [1.54, 1.807) is 6.92 Å². The minimum Gasteiger partial charge on any atom is -0.475 e. The van der Waals surface area contributed by atoms with E-state index in [0.717, 1.165) is 17.0 Å². The monoisotopic (exact) mass is 235 g/mol. The minimum atomic E-state index is -0.533. The predicted molar refractivity (Wildman–Crippen MR) is 65.5 cm³/mol. The average molecular weight is 235 g/mol. The molecule has 0 radical (unpaired) electrons. The lowest BCUT2D eigenvalue weighted by molar-refractivity contribution is -0.151. The SMILES string of the molecule is CCOC(=O)C1CN(C)c2c(C)cccc2O1. The number of rotatable bonds is 2. The van der Waals surface area contributed by atoms with Crippen molar-refractivity contribution >= 4 is 11.7 Å². The lowest BCUT2D eigenvalue weighted by atomic mass is 10.1. The third-order valence-corrected chi connectivity index (χ3v) is 2.84. The number of carbonyl (C=O) groups excluding carboxylic acids is 1. The van der Waals surface area contributed by atoms with E-state index in [2.05, 4.69) is 0 Å². The molecule has 1 heterocycles. The van der Waals surface area contributed by atoms with Crippen molar-refractivity contribution in [2.45, 2.75) is 20.0 Å². The van der Waals surface area contributed by atoms with Crippen molar-refractivity contribution in [1.82, 2.24) is 0 Å². The highest BCUT2D eigenvalue weighted by atomic mass is 16.6. The number of hydrogen-bond acceptors (Lipinski definition) is 4. The third-order valence-electron chi connectivity index (χ3n) is 2.84. The lowest BCUT2D eigenvalue weighted by Gasteiger charge is -2.33. The fraction of sp³-hybridized carbons (Fsp3) is 0.462. The maximum atomic E-state index is 11.7. The summed E-state index contributed by atoms with van der Waals surface area (Å²) in [7, 11) is 1.96. The number of esters is 1. The largest absolute Gasteiger partial charge is 0.475 e. The van der Waals surface area contributed by atoms with Crippen molar-refractivity contribution in [2.75, 3.05) is 25.1 Å². The Morgan fingerprint density at radius 3 is 3.06 bits per heavy atom. The van der Waals surface area contributed by atoms with Gasteiger partial charge in [-0.3, -0.25) is 0 Å². The molecule has 1 aromatic rings. The Morgan fingerprint density at radius 1 is 1.59 bits per heavy atom. The van der Waals surface area contributed by atoms with E-state index in [-0.39, 0.29) is 5.97 Å². The minimum absolute atomic E-state index is 0.300. The molecular formula is C13H17NO3. The van der Waals surface area contributed by atoms with Gasteiger partial charge in [-0.1, -0.05) is 12.1 Å². The summed E-state index contributed by atoms with van der Waals surface area (Å²) in [5.41, 5.74) is 2.19. The first-order valence-corrected chi connectivity index (χ1v) is 5.77. The molecule has 17 heavy (non-hydrogen) atoms. The van der Waals surface area contributed by atoms with Crippen LogP contribution in [0.5, 0.6) is 5.75 Å². The Labute approximate surface area is 101 Å². The van der Waals surface area contributed by atoms with Crippen molar-refractivity contribution in [2.24, 2.45) is 0 Å². The Hall–Kier alpha value is -1.71. The first-order valence-electron chi connectivity index (χ1n) is 5.77.